The highest BCUT2D eigenvalue weighted by atomic mass is 32.2. The summed E-state index contributed by atoms with van der Waals surface area (Å²) >= 11 is 0. The normalized spacial score (nSPS) is 16.7. The van der Waals surface area contributed by atoms with Gasteiger partial charge in [0.15, 0.2) is 0 Å². The molecule has 7 heteroatoms. The summed E-state index contributed by atoms with van der Waals surface area (Å²) in [6.45, 7) is 3.69. The molecule has 0 unspecified atom stereocenters. The smallest absolute Gasteiger partial charge is 0.227 e. The van der Waals surface area contributed by atoms with Crippen LogP contribution in [0.4, 0.5) is 0 Å². The van der Waals surface area contributed by atoms with Crippen molar-refractivity contribution in [2.24, 2.45) is 7.05 Å². The van der Waals surface area contributed by atoms with E-state index in [1.165, 1.54) is 10.6 Å². The van der Waals surface area contributed by atoms with Crippen LogP contribution in [0, 0.1) is 6.92 Å². The summed E-state index contributed by atoms with van der Waals surface area (Å²) in [5.74, 6) is 0.0580. The molecule has 24 heavy (non-hydrogen) atoms. The highest BCUT2D eigenvalue weighted by Crippen LogP contribution is 2.25. The Bertz CT molecular complexity index is 878. The molecule has 0 saturated carbocycles. The van der Waals surface area contributed by atoms with E-state index in [1.807, 2.05) is 32.2 Å². The first-order valence-corrected chi connectivity index (χ1v) is 9.89. The monoisotopic (exact) mass is 349 g/mol. The largest absolute Gasteiger partial charge is 0.348 e. The van der Waals surface area contributed by atoms with Gasteiger partial charge in [-0.3, -0.25) is 4.79 Å². The van der Waals surface area contributed by atoms with E-state index in [4.69, 9.17) is 0 Å². The topological polar surface area (TPSA) is 62.6 Å². The molecule has 1 saturated heterocycles. The second kappa shape index (κ2) is 6.22. The van der Waals surface area contributed by atoms with E-state index in [-0.39, 0.29) is 5.91 Å². The second-order valence-electron chi connectivity index (χ2n) is 6.36. The van der Waals surface area contributed by atoms with Gasteiger partial charge in [0.05, 0.1) is 12.7 Å². The predicted molar refractivity (Wildman–Crippen MR) is 94.4 cm³/mol. The number of hydrogen-bond donors (Lipinski definition) is 0. The number of hydrogen-bond acceptors (Lipinski definition) is 3. The standard InChI is InChI=1S/C17H23N3O3S/c1-13-15(14-6-4-5-7-16(14)18(13)2)12-17(21)19-8-10-20(11-9-19)24(3,22)23/h4-7H,8-12H2,1-3H3. The molecule has 0 N–H and O–H groups in total. The van der Waals surface area contributed by atoms with E-state index in [1.54, 1.807) is 4.90 Å². The van der Waals surface area contributed by atoms with Crippen molar-refractivity contribution in [2.45, 2.75) is 13.3 Å². The summed E-state index contributed by atoms with van der Waals surface area (Å²) in [4.78, 5) is 14.4. The fraction of sp³-hybridized carbons (Fsp3) is 0.471. The Kier molecular flexibility index (Phi) is 4.40. The Labute approximate surface area is 142 Å². The minimum atomic E-state index is -3.17. The van der Waals surface area contributed by atoms with Crippen molar-refractivity contribution in [1.82, 2.24) is 13.8 Å². The van der Waals surface area contributed by atoms with E-state index >= 15 is 0 Å². The highest BCUT2D eigenvalue weighted by Gasteiger charge is 2.26. The number of carbonyl (C=O) groups excluding carboxylic acids is 1. The van der Waals surface area contributed by atoms with Gasteiger partial charge in [0, 0.05) is 49.8 Å². The molecular formula is C17H23N3O3S. The Hall–Kier alpha value is -1.86. The molecule has 130 valence electrons. The number of amides is 1. The Balaban J connectivity index is 1.76. The van der Waals surface area contributed by atoms with Gasteiger partial charge in [-0.2, -0.15) is 4.31 Å². The van der Waals surface area contributed by atoms with Crippen molar-refractivity contribution in [3.05, 3.63) is 35.5 Å². The summed E-state index contributed by atoms with van der Waals surface area (Å²) in [6.07, 6.45) is 1.57. The fourth-order valence-electron chi connectivity index (χ4n) is 3.35. The molecule has 1 aromatic heterocycles. The lowest BCUT2D eigenvalue weighted by atomic mass is 10.1. The van der Waals surface area contributed by atoms with Crippen molar-refractivity contribution in [3.8, 4) is 0 Å². The predicted octanol–water partition coefficient (Wildman–Crippen LogP) is 1.13. The number of rotatable bonds is 3. The first-order chi connectivity index (χ1) is 11.3. The van der Waals surface area contributed by atoms with E-state index in [9.17, 15) is 13.2 Å². The van der Waals surface area contributed by atoms with Gasteiger partial charge in [0.2, 0.25) is 15.9 Å². The minimum Gasteiger partial charge on any atom is -0.348 e. The van der Waals surface area contributed by atoms with Crippen molar-refractivity contribution < 1.29 is 13.2 Å². The first-order valence-electron chi connectivity index (χ1n) is 8.05. The van der Waals surface area contributed by atoms with Gasteiger partial charge >= 0.3 is 0 Å². The number of sulfonamides is 1. The molecule has 0 spiro atoms. The van der Waals surface area contributed by atoms with Crippen molar-refractivity contribution in [1.29, 1.82) is 0 Å². The Morgan fingerprint density at radius 1 is 1.12 bits per heavy atom. The highest BCUT2D eigenvalue weighted by molar-refractivity contribution is 7.88. The third kappa shape index (κ3) is 3.06. The summed E-state index contributed by atoms with van der Waals surface area (Å²) in [5, 5.41) is 1.11. The summed E-state index contributed by atoms with van der Waals surface area (Å²) < 4.78 is 26.7. The van der Waals surface area contributed by atoms with Gasteiger partial charge < -0.3 is 9.47 Å². The van der Waals surface area contributed by atoms with Gasteiger partial charge in [-0.05, 0) is 18.6 Å². The number of fused-ring (bicyclic) bond motifs is 1. The molecule has 0 radical (unpaired) electrons. The van der Waals surface area contributed by atoms with Crippen LogP contribution in [0.2, 0.25) is 0 Å². The number of aryl methyl sites for hydroxylation is 1. The molecule has 0 atom stereocenters. The third-order valence-electron chi connectivity index (χ3n) is 4.92. The molecular weight excluding hydrogens is 326 g/mol. The number of aromatic nitrogens is 1. The van der Waals surface area contributed by atoms with Gasteiger partial charge in [-0.1, -0.05) is 18.2 Å². The zero-order valence-corrected chi connectivity index (χ0v) is 15.1. The van der Waals surface area contributed by atoms with E-state index in [0.29, 0.717) is 32.6 Å². The van der Waals surface area contributed by atoms with Gasteiger partial charge in [-0.15, -0.1) is 0 Å². The SMILES string of the molecule is Cc1c(CC(=O)N2CCN(S(C)(=O)=O)CC2)c2ccccc2n1C. The summed E-state index contributed by atoms with van der Waals surface area (Å²) in [7, 11) is -1.16. The molecule has 1 aromatic carbocycles. The van der Waals surface area contributed by atoms with Crippen molar-refractivity contribution in [3.63, 3.8) is 0 Å². The van der Waals surface area contributed by atoms with E-state index in [2.05, 4.69) is 10.6 Å². The lowest BCUT2D eigenvalue weighted by Gasteiger charge is -2.33. The van der Waals surface area contributed by atoms with Crippen LogP contribution in [0.1, 0.15) is 11.3 Å². The van der Waals surface area contributed by atoms with Crippen LogP contribution in [0.25, 0.3) is 10.9 Å². The molecule has 0 aliphatic carbocycles. The van der Waals surface area contributed by atoms with Crippen LogP contribution in [0.5, 0.6) is 0 Å². The zero-order valence-electron chi connectivity index (χ0n) is 14.3. The molecule has 0 bridgehead atoms. The lowest BCUT2D eigenvalue weighted by Crippen LogP contribution is -2.50. The van der Waals surface area contributed by atoms with Crippen LogP contribution >= 0.6 is 0 Å². The summed E-state index contributed by atoms with van der Waals surface area (Å²) in [5.41, 5.74) is 3.28. The lowest BCUT2D eigenvalue weighted by molar-refractivity contribution is -0.131. The average molecular weight is 349 g/mol. The number of piperazine rings is 1. The molecule has 2 aromatic rings. The van der Waals surface area contributed by atoms with Gasteiger partial charge in [-0.25, -0.2) is 8.42 Å². The van der Waals surface area contributed by atoms with E-state index in [0.717, 1.165) is 22.2 Å². The summed E-state index contributed by atoms with van der Waals surface area (Å²) in [6, 6.07) is 8.09. The van der Waals surface area contributed by atoms with Gasteiger partial charge in [0.25, 0.3) is 0 Å². The Morgan fingerprint density at radius 2 is 1.75 bits per heavy atom. The van der Waals surface area contributed by atoms with Crippen LogP contribution < -0.4 is 0 Å². The molecule has 2 heterocycles. The van der Waals surface area contributed by atoms with Crippen LogP contribution in [-0.2, 0) is 28.3 Å². The number of nitrogens with zero attached hydrogens (tertiary/aromatic N) is 3. The molecule has 1 aliphatic rings. The Morgan fingerprint density at radius 3 is 2.38 bits per heavy atom. The quantitative estimate of drug-likeness (QED) is 0.835. The first kappa shape index (κ1) is 17.0. The maximum Gasteiger partial charge on any atom is 0.227 e. The molecule has 1 aliphatic heterocycles. The van der Waals surface area contributed by atoms with Crippen LogP contribution in [-0.4, -0.2) is 60.5 Å². The zero-order chi connectivity index (χ0) is 17.5. The van der Waals surface area contributed by atoms with Crippen molar-refractivity contribution >= 4 is 26.8 Å². The number of carbonyl (C=O) groups is 1. The van der Waals surface area contributed by atoms with Gasteiger partial charge in [0.1, 0.15) is 0 Å². The second-order valence-corrected chi connectivity index (χ2v) is 8.34. The van der Waals surface area contributed by atoms with Crippen molar-refractivity contribution in [2.75, 3.05) is 32.4 Å². The maximum atomic E-state index is 12.7. The molecule has 1 fully saturated rings. The van der Waals surface area contributed by atoms with Crippen LogP contribution in [0.15, 0.2) is 24.3 Å². The molecule has 1 amide bonds. The van der Waals surface area contributed by atoms with E-state index < -0.39 is 10.0 Å². The molecule has 6 nitrogen and oxygen atoms in total. The van der Waals surface area contributed by atoms with Crippen LogP contribution in [0.3, 0.4) is 0 Å². The third-order valence-corrected chi connectivity index (χ3v) is 6.22. The minimum absolute atomic E-state index is 0.0580. The number of benzene rings is 1. The number of para-hydroxylation sites is 1. The molecule has 3 rings (SSSR count). The maximum absolute atomic E-state index is 12.7. The fourth-order valence-corrected chi connectivity index (χ4v) is 4.18. The average Bonchev–Trinajstić information content (AvgIpc) is 2.79.